The topological polar surface area (TPSA) is 87.7 Å². The van der Waals surface area contributed by atoms with Crippen LogP contribution in [-0.2, 0) is 23.1 Å². The van der Waals surface area contributed by atoms with E-state index >= 15 is 0 Å². The summed E-state index contributed by atoms with van der Waals surface area (Å²) in [5.74, 6) is 0.648. The van der Waals surface area contributed by atoms with Crippen molar-refractivity contribution in [3.8, 4) is 5.75 Å². The molecule has 2 aromatic carbocycles. The van der Waals surface area contributed by atoms with E-state index < -0.39 is 10.0 Å². The van der Waals surface area contributed by atoms with E-state index in [1.807, 2.05) is 12.1 Å². The zero-order chi connectivity index (χ0) is 26.3. The van der Waals surface area contributed by atoms with E-state index in [4.69, 9.17) is 16.3 Å². The minimum Gasteiger partial charge on any atom is -0.494 e. The molecule has 0 spiro atoms. The van der Waals surface area contributed by atoms with Gasteiger partial charge in [-0.3, -0.25) is 4.79 Å². The van der Waals surface area contributed by atoms with Crippen LogP contribution in [0.1, 0.15) is 47.0 Å². The van der Waals surface area contributed by atoms with Crippen LogP contribution < -0.4 is 15.4 Å². The van der Waals surface area contributed by atoms with Crippen molar-refractivity contribution < 1.29 is 17.9 Å². The van der Waals surface area contributed by atoms with Crippen molar-refractivity contribution in [3.63, 3.8) is 0 Å². The van der Waals surface area contributed by atoms with Crippen LogP contribution in [0.15, 0.2) is 64.9 Å². The van der Waals surface area contributed by atoms with Gasteiger partial charge in [-0.1, -0.05) is 30.7 Å². The number of thiophene rings is 1. The summed E-state index contributed by atoms with van der Waals surface area (Å²) in [6, 6.07) is 18.4. The molecule has 0 unspecified atom stereocenters. The van der Waals surface area contributed by atoms with E-state index in [2.05, 4.69) is 29.7 Å². The molecule has 0 aliphatic carbocycles. The number of sulfonamides is 1. The van der Waals surface area contributed by atoms with Gasteiger partial charge in [-0.15, -0.1) is 11.3 Å². The molecule has 1 aliphatic rings. The van der Waals surface area contributed by atoms with Crippen molar-refractivity contribution in [2.24, 2.45) is 0 Å². The number of benzene rings is 2. The molecule has 37 heavy (non-hydrogen) atoms. The first kappa shape index (κ1) is 27.6. The summed E-state index contributed by atoms with van der Waals surface area (Å²) >= 11 is 7.06. The third-order valence-electron chi connectivity index (χ3n) is 6.21. The van der Waals surface area contributed by atoms with Crippen LogP contribution in [0.3, 0.4) is 0 Å². The van der Waals surface area contributed by atoms with Crippen molar-refractivity contribution in [1.29, 1.82) is 0 Å². The molecule has 7 nitrogen and oxygen atoms in total. The van der Waals surface area contributed by atoms with Gasteiger partial charge in [0.05, 0.1) is 13.2 Å². The van der Waals surface area contributed by atoms with Crippen molar-refractivity contribution in [3.05, 3.63) is 81.7 Å². The Hall–Kier alpha value is -2.43. The summed E-state index contributed by atoms with van der Waals surface area (Å²) < 4.78 is 33.9. The fourth-order valence-corrected chi connectivity index (χ4v) is 7.12. The Morgan fingerprint density at radius 3 is 2.41 bits per heavy atom. The number of hydrogen-bond acceptors (Lipinski definition) is 6. The van der Waals surface area contributed by atoms with Gasteiger partial charge in [0, 0.05) is 41.1 Å². The number of hydrogen-bond donors (Lipinski definition) is 2. The van der Waals surface area contributed by atoms with Gasteiger partial charge in [-0.05, 0) is 73.4 Å². The summed E-state index contributed by atoms with van der Waals surface area (Å²) in [7, 11) is -3.56. The maximum absolute atomic E-state index is 13.2. The molecule has 10 heteroatoms. The van der Waals surface area contributed by atoms with E-state index in [-0.39, 0.29) is 18.5 Å². The number of nitrogens with one attached hydrogen (secondary N) is 2. The summed E-state index contributed by atoms with van der Waals surface area (Å²) in [6.07, 6.45) is 2.49. The van der Waals surface area contributed by atoms with Gasteiger partial charge in [-0.2, -0.15) is 4.31 Å². The zero-order valence-corrected chi connectivity index (χ0v) is 23.2. The van der Waals surface area contributed by atoms with Crippen molar-refractivity contribution in [2.45, 2.75) is 49.5 Å². The smallest absolute Gasteiger partial charge is 0.252 e. The fourth-order valence-electron chi connectivity index (χ4n) is 4.08. The molecule has 1 fully saturated rings. The van der Waals surface area contributed by atoms with Crippen LogP contribution in [0.25, 0.3) is 0 Å². The number of rotatable bonds is 11. The summed E-state index contributed by atoms with van der Waals surface area (Å²) in [5.41, 5.74) is 1.68. The number of amides is 1. The largest absolute Gasteiger partial charge is 0.494 e. The molecular formula is C27H32ClN3O4S2. The van der Waals surface area contributed by atoms with Crippen LogP contribution in [-0.4, -0.2) is 44.4 Å². The Morgan fingerprint density at radius 1 is 1.03 bits per heavy atom. The Kier molecular flexibility index (Phi) is 9.61. The van der Waals surface area contributed by atoms with Gasteiger partial charge in [0.2, 0.25) is 0 Å². The Morgan fingerprint density at radius 2 is 1.73 bits per heavy atom. The number of carbonyl (C=O) groups excluding carboxylic acids is 1. The molecule has 1 aromatic heterocycles. The second kappa shape index (κ2) is 12.9. The number of piperidine rings is 1. The molecule has 0 bridgehead atoms. The van der Waals surface area contributed by atoms with Gasteiger partial charge in [0.1, 0.15) is 9.96 Å². The third kappa shape index (κ3) is 7.55. The quantitative estimate of drug-likeness (QED) is 0.341. The van der Waals surface area contributed by atoms with E-state index in [1.165, 1.54) is 16.9 Å². The van der Waals surface area contributed by atoms with Crippen LogP contribution in [0, 0.1) is 0 Å². The molecule has 1 amide bonds. The molecule has 0 radical (unpaired) electrons. The van der Waals surface area contributed by atoms with E-state index in [0.29, 0.717) is 34.5 Å². The zero-order valence-electron chi connectivity index (χ0n) is 20.8. The van der Waals surface area contributed by atoms with Gasteiger partial charge < -0.3 is 15.4 Å². The monoisotopic (exact) mass is 561 g/mol. The van der Waals surface area contributed by atoms with Crippen LogP contribution in [0.2, 0.25) is 5.02 Å². The lowest BCUT2D eigenvalue weighted by Gasteiger charge is -2.31. The second-order valence-electron chi connectivity index (χ2n) is 8.96. The molecule has 1 aliphatic heterocycles. The predicted molar refractivity (Wildman–Crippen MR) is 148 cm³/mol. The van der Waals surface area contributed by atoms with Crippen molar-refractivity contribution in [2.75, 3.05) is 19.7 Å². The highest BCUT2D eigenvalue weighted by molar-refractivity contribution is 7.91. The second-order valence-corrected chi connectivity index (χ2v) is 12.7. The number of ether oxygens (including phenoxy) is 1. The number of halogens is 1. The number of carbonyl (C=O) groups is 1. The molecule has 2 N–H and O–H groups in total. The highest BCUT2D eigenvalue weighted by Gasteiger charge is 2.30. The summed E-state index contributed by atoms with van der Waals surface area (Å²) in [5, 5.41) is 6.94. The lowest BCUT2D eigenvalue weighted by Crippen LogP contribution is -2.44. The van der Waals surface area contributed by atoms with Gasteiger partial charge in [-0.25, -0.2) is 8.42 Å². The Balaban J connectivity index is 1.24. The standard InChI is InChI=1S/C27H32ClN3O4S2/c1-2-17-35-24-9-3-20(4-10-24)18-29-23-13-15-31(16-14-23)37(33,34)26-12-11-25(36-26)19-30-27(32)21-5-7-22(28)8-6-21/h3-12,23,29H,2,13-19H2,1H3,(H,30,32). The minimum atomic E-state index is -3.56. The van der Waals surface area contributed by atoms with E-state index in [9.17, 15) is 13.2 Å². The molecule has 3 aromatic rings. The molecule has 0 saturated carbocycles. The van der Waals surface area contributed by atoms with Crippen LogP contribution in [0.4, 0.5) is 0 Å². The molecule has 4 rings (SSSR count). The van der Waals surface area contributed by atoms with Gasteiger partial charge in [0.15, 0.2) is 0 Å². The Bertz CT molecular complexity index is 1270. The normalized spacial score (nSPS) is 15.0. The molecular weight excluding hydrogens is 530 g/mol. The first-order valence-corrected chi connectivity index (χ1v) is 15.1. The molecule has 2 heterocycles. The van der Waals surface area contributed by atoms with E-state index in [0.717, 1.165) is 36.4 Å². The van der Waals surface area contributed by atoms with E-state index in [1.54, 1.807) is 40.7 Å². The Labute approximate surface area is 227 Å². The van der Waals surface area contributed by atoms with Crippen molar-refractivity contribution in [1.82, 2.24) is 14.9 Å². The van der Waals surface area contributed by atoms with Crippen LogP contribution >= 0.6 is 22.9 Å². The summed E-state index contributed by atoms with van der Waals surface area (Å²) in [6.45, 7) is 4.75. The van der Waals surface area contributed by atoms with Gasteiger partial charge >= 0.3 is 0 Å². The highest BCUT2D eigenvalue weighted by Crippen LogP contribution is 2.27. The molecule has 198 valence electrons. The fraction of sp³-hybridized carbons (Fsp3) is 0.370. The van der Waals surface area contributed by atoms with Crippen molar-refractivity contribution >= 4 is 38.9 Å². The van der Waals surface area contributed by atoms with Crippen LogP contribution in [0.5, 0.6) is 5.75 Å². The average molecular weight is 562 g/mol. The maximum atomic E-state index is 13.2. The minimum absolute atomic E-state index is 0.232. The number of nitrogens with zero attached hydrogens (tertiary/aromatic N) is 1. The lowest BCUT2D eigenvalue weighted by molar-refractivity contribution is 0.0951. The molecule has 1 saturated heterocycles. The predicted octanol–water partition coefficient (Wildman–Crippen LogP) is 5.06. The first-order valence-electron chi connectivity index (χ1n) is 12.4. The molecule has 0 atom stereocenters. The SMILES string of the molecule is CCCOc1ccc(CNC2CCN(S(=O)(=O)c3ccc(CNC(=O)c4ccc(Cl)cc4)s3)CC2)cc1. The summed E-state index contributed by atoms with van der Waals surface area (Å²) in [4.78, 5) is 13.1. The average Bonchev–Trinajstić information content (AvgIpc) is 3.41. The first-order chi connectivity index (χ1) is 17.8. The maximum Gasteiger partial charge on any atom is 0.252 e. The highest BCUT2D eigenvalue weighted by atomic mass is 35.5. The third-order valence-corrected chi connectivity index (χ3v) is 9.91. The lowest BCUT2D eigenvalue weighted by atomic mass is 10.1. The van der Waals surface area contributed by atoms with Gasteiger partial charge in [0.25, 0.3) is 15.9 Å².